The van der Waals surface area contributed by atoms with Crippen molar-refractivity contribution in [1.29, 1.82) is 0 Å². The van der Waals surface area contributed by atoms with Crippen LogP contribution in [0.4, 0.5) is 0 Å². The Morgan fingerprint density at radius 1 is 1.33 bits per heavy atom. The molecule has 0 bridgehead atoms. The van der Waals surface area contributed by atoms with Crippen molar-refractivity contribution >= 4 is 5.91 Å². The van der Waals surface area contributed by atoms with Crippen LogP contribution in [0.25, 0.3) is 0 Å². The van der Waals surface area contributed by atoms with Crippen molar-refractivity contribution in [3.63, 3.8) is 0 Å². The topological polar surface area (TPSA) is 49.6 Å². The Hall–Kier alpha value is -1.39. The Morgan fingerprint density at radius 3 is 2.76 bits per heavy atom. The van der Waals surface area contributed by atoms with Crippen LogP contribution < -0.4 is 5.73 Å². The summed E-state index contributed by atoms with van der Waals surface area (Å²) in [6.45, 7) is 6.42. The number of amides is 1. The third-order valence-electron chi connectivity index (χ3n) is 4.36. The molecule has 2 N–H and O–H groups in total. The molecule has 1 fully saturated rings. The molecule has 0 aliphatic carbocycles. The minimum absolute atomic E-state index is 0.0445. The SMILES string of the molecule is CCC(N)C(c1cccc(C)c1)N1CCCN(C)C(=O)C1. The van der Waals surface area contributed by atoms with Crippen LogP contribution in [0.2, 0.25) is 0 Å². The lowest BCUT2D eigenvalue weighted by Crippen LogP contribution is -2.44. The van der Waals surface area contributed by atoms with Crippen molar-refractivity contribution in [1.82, 2.24) is 9.80 Å². The second-order valence-corrected chi connectivity index (χ2v) is 6.07. The van der Waals surface area contributed by atoms with E-state index in [4.69, 9.17) is 5.73 Å². The van der Waals surface area contributed by atoms with Crippen molar-refractivity contribution in [2.24, 2.45) is 5.73 Å². The first-order valence-corrected chi connectivity index (χ1v) is 7.83. The molecule has 1 aliphatic heterocycles. The monoisotopic (exact) mass is 289 g/mol. The maximum atomic E-state index is 12.2. The van der Waals surface area contributed by atoms with Gasteiger partial charge in [-0.2, -0.15) is 0 Å². The molecule has 1 aliphatic rings. The number of nitrogens with two attached hydrogens (primary N) is 1. The Balaban J connectivity index is 2.29. The van der Waals surface area contributed by atoms with Crippen LogP contribution in [0.1, 0.15) is 36.9 Å². The molecular formula is C17H27N3O. The minimum atomic E-state index is 0.0445. The van der Waals surface area contributed by atoms with Crippen molar-refractivity contribution < 1.29 is 4.79 Å². The predicted molar refractivity (Wildman–Crippen MR) is 86.0 cm³/mol. The van der Waals surface area contributed by atoms with E-state index in [1.54, 1.807) is 0 Å². The molecule has 116 valence electrons. The number of benzene rings is 1. The Kier molecular flexibility index (Phi) is 5.37. The zero-order chi connectivity index (χ0) is 15.4. The number of nitrogens with zero attached hydrogens (tertiary/aromatic N) is 2. The number of carbonyl (C=O) groups excluding carboxylic acids is 1. The van der Waals surface area contributed by atoms with Gasteiger partial charge in [0.25, 0.3) is 0 Å². The van der Waals surface area contributed by atoms with E-state index in [2.05, 4.69) is 43.0 Å². The van der Waals surface area contributed by atoms with Gasteiger partial charge in [0.2, 0.25) is 5.91 Å². The van der Waals surface area contributed by atoms with Gasteiger partial charge in [-0.1, -0.05) is 36.8 Å². The normalized spacial score (nSPS) is 20.2. The average molecular weight is 289 g/mol. The van der Waals surface area contributed by atoms with Gasteiger partial charge in [0.15, 0.2) is 0 Å². The molecule has 0 saturated carbocycles. The minimum Gasteiger partial charge on any atom is -0.345 e. The zero-order valence-electron chi connectivity index (χ0n) is 13.4. The second kappa shape index (κ2) is 7.05. The van der Waals surface area contributed by atoms with E-state index < -0.39 is 0 Å². The number of rotatable bonds is 4. The van der Waals surface area contributed by atoms with Crippen LogP contribution in [0.15, 0.2) is 24.3 Å². The van der Waals surface area contributed by atoms with E-state index in [0.29, 0.717) is 6.54 Å². The van der Waals surface area contributed by atoms with E-state index in [-0.39, 0.29) is 18.0 Å². The molecular weight excluding hydrogens is 262 g/mol. The highest BCUT2D eigenvalue weighted by molar-refractivity contribution is 5.78. The highest BCUT2D eigenvalue weighted by atomic mass is 16.2. The quantitative estimate of drug-likeness (QED) is 0.921. The van der Waals surface area contributed by atoms with Crippen molar-refractivity contribution in [2.75, 3.05) is 26.7 Å². The molecule has 21 heavy (non-hydrogen) atoms. The number of hydrogen-bond donors (Lipinski definition) is 1. The fourth-order valence-electron chi connectivity index (χ4n) is 3.05. The largest absolute Gasteiger partial charge is 0.345 e. The van der Waals surface area contributed by atoms with Gasteiger partial charge in [0, 0.05) is 26.2 Å². The fraction of sp³-hybridized carbons (Fsp3) is 0.588. The van der Waals surface area contributed by atoms with E-state index in [1.807, 2.05) is 11.9 Å². The van der Waals surface area contributed by atoms with E-state index in [0.717, 1.165) is 25.9 Å². The summed E-state index contributed by atoms with van der Waals surface area (Å²) in [4.78, 5) is 16.3. The lowest BCUT2D eigenvalue weighted by Gasteiger charge is -2.34. The lowest BCUT2D eigenvalue weighted by molar-refractivity contribution is -0.130. The molecule has 1 heterocycles. The van der Waals surface area contributed by atoms with E-state index in [1.165, 1.54) is 11.1 Å². The van der Waals surface area contributed by atoms with E-state index >= 15 is 0 Å². The van der Waals surface area contributed by atoms with Crippen molar-refractivity contribution in [3.05, 3.63) is 35.4 Å². The second-order valence-electron chi connectivity index (χ2n) is 6.07. The van der Waals surface area contributed by atoms with Gasteiger partial charge in [0.05, 0.1) is 12.6 Å². The summed E-state index contributed by atoms with van der Waals surface area (Å²) in [5.74, 6) is 0.188. The molecule has 4 heteroatoms. The van der Waals surface area contributed by atoms with Gasteiger partial charge in [-0.05, 0) is 25.3 Å². The molecule has 2 unspecified atom stereocenters. The first kappa shape index (κ1) is 16.0. The number of carbonyl (C=O) groups is 1. The summed E-state index contributed by atoms with van der Waals surface area (Å²) < 4.78 is 0. The summed E-state index contributed by atoms with van der Waals surface area (Å²) in [5, 5.41) is 0. The Bertz CT molecular complexity index is 489. The number of hydrogen-bond acceptors (Lipinski definition) is 3. The molecule has 1 amide bonds. The third kappa shape index (κ3) is 3.83. The molecule has 2 atom stereocenters. The number of likely N-dealkylation sites (N-methyl/N-ethyl adjacent to an activating group) is 1. The van der Waals surface area contributed by atoms with Crippen LogP contribution in [-0.2, 0) is 4.79 Å². The van der Waals surface area contributed by atoms with E-state index in [9.17, 15) is 4.79 Å². The van der Waals surface area contributed by atoms with Crippen LogP contribution in [-0.4, -0.2) is 48.4 Å². The molecule has 1 saturated heterocycles. The predicted octanol–water partition coefficient (Wildman–Crippen LogP) is 1.94. The molecule has 0 spiro atoms. The maximum Gasteiger partial charge on any atom is 0.236 e. The van der Waals surface area contributed by atoms with Crippen molar-refractivity contribution in [2.45, 2.75) is 38.8 Å². The average Bonchev–Trinajstić information content (AvgIpc) is 2.61. The summed E-state index contributed by atoms with van der Waals surface area (Å²) >= 11 is 0. The summed E-state index contributed by atoms with van der Waals surface area (Å²) in [6, 6.07) is 8.66. The third-order valence-corrected chi connectivity index (χ3v) is 4.36. The Labute approximate surface area is 127 Å². The zero-order valence-corrected chi connectivity index (χ0v) is 13.4. The molecule has 2 rings (SSSR count). The first-order valence-electron chi connectivity index (χ1n) is 7.83. The van der Waals surface area contributed by atoms with Crippen molar-refractivity contribution in [3.8, 4) is 0 Å². The summed E-state index contributed by atoms with van der Waals surface area (Å²) in [7, 11) is 1.88. The molecule has 1 aromatic rings. The fourth-order valence-corrected chi connectivity index (χ4v) is 3.05. The summed E-state index contributed by atoms with van der Waals surface area (Å²) in [5.41, 5.74) is 8.85. The van der Waals surface area contributed by atoms with Gasteiger partial charge < -0.3 is 10.6 Å². The standard InChI is InChI=1S/C17H27N3O/c1-4-15(18)17(14-8-5-7-13(2)11-14)20-10-6-9-19(3)16(21)12-20/h5,7-8,11,15,17H,4,6,9-10,12,18H2,1-3H3. The first-order chi connectivity index (χ1) is 10.0. The highest BCUT2D eigenvalue weighted by Gasteiger charge is 2.29. The van der Waals surface area contributed by atoms with Gasteiger partial charge in [-0.25, -0.2) is 0 Å². The molecule has 4 nitrogen and oxygen atoms in total. The summed E-state index contributed by atoms with van der Waals surface area (Å²) in [6.07, 6.45) is 1.90. The molecule has 0 radical (unpaired) electrons. The van der Waals surface area contributed by atoms with Gasteiger partial charge >= 0.3 is 0 Å². The Morgan fingerprint density at radius 2 is 2.10 bits per heavy atom. The van der Waals surface area contributed by atoms with Crippen LogP contribution in [0, 0.1) is 6.92 Å². The highest BCUT2D eigenvalue weighted by Crippen LogP contribution is 2.27. The van der Waals surface area contributed by atoms with Gasteiger partial charge in [-0.15, -0.1) is 0 Å². The number of aryl methyl sites for hydroxylation is 1. The lowest BCUT2D eigenvalue weighted by atomic mass is 9.95. The van der Waals surface area contributed by atoms with Crippen LogP contribution >= 0.6 is 0 Å². The molecule has 1 aromatic carbocycles. The van der Waals surface area contributed by atoms with Gasteiger partial charge in [0.1, 0.15) is 0 Å². The van der Waals surface area contributed by atoms with Gasteiger partial charge in [-0.3, -0.25) is 9.69 Å². The maximum absolute atomic E-state index is 12.2. The smallest absolute Gasteiger partial charge is 0.236 e. The van der Waals surface area contributed by atoms with Crippen LogP contribution in [0.3, 0.4) is 0 Å². The molecule has 0 aromatic heterocycles. The van der Waals surface area contributed by atoms with Crippen LogP contribution in [0.5, 0.6) is 0 Å².